The highest BCUT2D eigenvalue weighted by atomic mass is 16.6. The second kappa shape index (κ2) is 4.77. The van der Waals surface area contributed by atoms with Crippen LogP contribution >= 0.6 is 0 Å². The lowest BCUT2D eigenvalue weighted by molar-refractivity contribution is 0.0180. The lowest BCUT2D eigenvalue weighted by Crippen LogP contribution is -2.30. The largest absolute Gasteiger partial charge is 0.302 e. The van der Waals surface area contributed by atoms with Gasteiger partial charge in [0.1, 0.15) is 0 Å². The first-order chi connectivity index (χ1) is 4.18. The van der Waals surface area contributed by atoms with Crippen LogP contribution in [0.5, 0.6) is 0 Å². The van der Waals surface area contributed by atoms with E-state index in [-0.39, 0.29) is 0 Å². The molecule has 56 valence electrons. The minimum absolute atomic E-state index is 0.449. The van der Waals surface area contributed by atoms with Crippen LogP contribution in [0.15, 0.2) is 0 Å². The lowest BCUT2D eigenvalue weighted by atomic mass is 10.1. The van der Waals surface area contributed by atoms with Crippen molar-refractivity contribution in [3.8, 4) is 0 Å². The zero-order valence-corrected chi connectivity index (χ0v) is 6.77. The van der Waals surface area contributed by atoms with E-state index in [1.54, 1.807) is 0 Å². The molecule has 0 radical (unpaired) electrons. The second-order valence-corrected chi connectivity index (χ2v) is 2.58. The molecule has 0 rings (SSSR count). The van der Waals surface area contributed by atoms with Crippen molar-refractivity contribution in [3.05, 3.63) is 0 Å². The molecule has 0 aliphatic rings. The summed E-state index contributed by atoms with van der Waals surface area (Å²) in [5.74, 6) is 0.636. The fourth-order valence-corrected chi connectivity index (χ4v) is 0.351. The standard InChI is InChI=1S/C7H17NO/c1-5-9-8-7(4)6(2)3/h6-8H,5H2,1-4H3. The Kier molecular flexibility index (Phi) is 4.72. The average molecular weight is 131 g/mol. The molecule has 0 bridgehead atoms. The van der Waals surface area contributed by atoms with Gasteiger partial charge in [0.25, 0.3) is 0 Å². The molecule has 0 aromatic carbocycles. The molecular weight excluding hydrogens is 114 g/mol. The van der Waals surface area contributed by atoms with Crippen molar-refractivity contribution < 1.29 is 4.84 Å². The molecule has 2 heteroatoms. The Bertz CT molecular complexity index is 63.9. The molecule has 9 heavy (non-hydrogen) atoms. The highest BCUT2D eigenvalue weighted by molar-refractivity contribution is 4.57. The Morgan fingerprint density at radius 2 is 1.89 bits per heavy atom. The van der Waals surface area contributed by atoms with Gasteiger partial charge in [0, 0.05) is 6.04 Å². The number of hydroxylamine groups is 1. The zero-order chi connectivity index (χ0) is 7.28. The van der Waals surface area contributed by atoms with E-state index in [2.05, 4.69) is 26.3 Å². The molecule has 0 heterocycles. The zero-order valence-electron chi connectivity index (χ0n) is 6.77. The van der Waals surface area contributed by atoms with Crippen molar-refractivity contribution >= 4 is 0 Å². The number of rotatable bonds is 4. The van der Waals surface area contributed by atoms with Gasteiger partial charge >= 0.3 is 0 Å². The van der Waals surface area contributed by atoms with Crippen LogP contribution in [0.25, 0.3) is 0 Å². The molecule has 0 aliphatic heterocycles. The number of hydrogen-bond donors (Lipinski definition) is 1. The van der Waals surface area contributed by atoms with Crippen molar-refractivity contribution in [3.63, 3.8) is 0 Å². The van der Waals surface area contributed by atoms with E-state index in [4.69, 9.17) is 4.84 Å². The summed E-state index contributed by atoms with van der Waals surface area (Å²) in [6.07, 6.45) is 0. The van der Waals surface area contributed by atoms with Crippen molar-refractivity contribution in [2.45, 2.75) is 33.7 Å². The molecule has 2 nitrogen and oxygen atoms in total. The average Bonchev–Trinajstić information content (AvgIpc) is 1.82. The molecule has 0 aliphatic carbocycles. The van der Waals surface area contributed by atoms with Crippen molar-refractivity contribution in [2.75, 3.05) is 6.61 Å². The van der Waals surface area contributed by atoms with Crippen LogP contribution in [0.2, 0.25) is 0 Å². The van der Waals surface area contributed by atoms with Gasteiger partial charge in [-0.2, -0.15) is 5.48 Å². The molecule has 0 aromatic rings. The first-order valence-corrected chi connectivity index (χ1v) is 3.55. The van der Waals surface area contributed by atoms with Crippen LogP contribution < -0.4 is 5.48 Å². The molecule has 0 amide bonds. The van der Waals surface area contributed by atoms with E-state index in [1.807, 2.05) is 6.92 Å². The predicted molar refractivity (Wildman–Crippen MR) is 39.1 cm³/mol. The maximum atomic E-state index is 5.01. The van der Waals surface area contributed by atoms with Crippen molar-refractivity contribution in [1.82, 2.24) is 5.48 Å². The summed E-state index contributed by atoms with van der Waals surface area (Å²) < 4.78 is 0. The summed E-state index contributed by atoms with van der Waals surface area (Å²) in [7, 11) is 0. The van der Waals surface area contributed by atoms with Crippen LogP contribution in [0.4, 0.5) is 0 Å². The summed E-state index contributed by atoms with van der Waals surface area (Å²) in [5.41, 5.74) is 2.93. The summed E-state index contributed by atoms with van der Waals surface area (Å²) in [6, 6.07) is 0.449. The summed E-state index contributed by atoms with van der Waals surface area (Å²) >= 11 is 0. The first-order valence-electron chi connectivity index (χ1n) is 3.55. The molecule has 0 spiro atoms. The van der Waals surface area contributed by atoms with Crippen molar-refractivity contribution in [1.29, 1.82) is 0 Å². The van der Waals surface area contributed by atoms with Crippen molar-refractivity contribution in [2.24, 2.45) is 5.92 Å². The van der Waals surface area contributed by atoms with Crippen LogP contribution in [-0.4, -0.2) is 12.6 Å². The SMILES string of the molecule is CCONC(C)C(C)C. The number of nitrogens with one attached hydrogen (secondary N) is 1. The molecule has 1 N–H and O–H groups in total. The van der Waals surface area contributed by atoms with E-state index in [0.717, 1.165) is 6.61 Å². The Morgan fingerprint density at radius 1 is 1.33 bits per heavy atom. The number of hydrogen-bond acceptors (Lipinski definition) is 2. The highest BCUT2D eigenvalue weighted by Crippen LogP contribution is 1.98. The van der Waals surface area contributed by atoms with E-state index in [1.165, 1.54) is 0 Å². The Hall–Kier alpha value is -0.0800. The maximum Gasteiger partial charge on any atom is 0.0654 e. The van der Waals surface area contributed by atoms with Gasteiger partial charge in [-0.25, -0.2) is 0 Å². The molecule has 0 aromatic heterocycles. The highest BCUT2D eigenvalue weighted by Gasteiger charge is 2.04. The summed E-state index contributed by atoms with van der Waals surface area (Å²) in [4.78, 5) is 5.01. The molecule has 0 saturated heterocycles. The molecular formula is C7H17NO. The van der Waals surface area contributed by atoms with Gasteiger partial charge in [-0.05, 0) is 19.8 Å². The predicted octanol–water partition coefficient (Wildman–Crippen LogP) is 1.57. The fourth-order valence-electron chi connectivity index (χ4n) is 0.351. The quantitative estimate of drug-likeness (QED) is 0.585. The maximum absolute atomic E-state index is 5.01. The Morgan fingerprint density at radius 3 is 2.22 bits per heavy atom. The van der Waals surface area contributed by atoms with Gasteiger partial charge in [-0.3, -0.25) is 0 Å². The summed E-state index contributed by atoms with van der Waals surface area (Å²) in [5, 5.41) is 0. The third-order valence-electron chi connectivity index (χ3n) is 1.41. The summed E-state index contributed by atoms with van der Waals surface area (Å²) in [6.45, 7) is 9.14. The van der Waals surface area contributed by atoms with Gasteiger partial charge in [0.2, 0.25) is 0 Å². The minimum atomic E-state index is 0.449. The molecule has 0 saturated carbocycles. The van der Waals surface area contributed by atoms with Crippen LogP contribution in [-0.2, 0) is 4.84 Å². The smallest absolute Gasteiger partial charge is 0.0654 e. The minimum Gasteiger partial charge on any atom is -0.302 e. The van der Waals surface area contributed by atoms with Crippen LogP contribution in [0.1, 0.15) is 27.7 Å². The Balaban J connectivity index is 3.16. The third-order valence-corrected chi connectivity index (χ3v) is 1.41. The normalized spacial score (nSPS) is 14.3. The van der Waals surface area contributed by atoms with Gasteiger partial charge in [0.05, 0.1) is 6.61 Å². The van der Waals surface area contributed by atoms with Gasteiger partial charge < -0.3 is 4.84 Å². The van der Waals surface area contributed by atoms with Crippen LogP contribution in [0.3, 0.4) is 0 Å². The molecule has 0 fully saturated rings. The van der Waals surface area contributed by atoms with E-state index >= 15 is 0 Å². The van der Waals surface area contributed by atoms with E-state index in [9.17, 15) is 0 Å². The topological polar surface area (TPSA) is 21.3 Å². The Labute approximate surface area is 57.5 Å². The lowest BCUT2D eigenvalue weighted by Gasteiger charge is -2.15. The third kappa shape index (κ3) is 4.43. The molecule has 1 atom stereocenters. The fraction of sp³-hybridized carbons (Fsp3) is 1.00. The monoisotopic (exact) mass is 131 g/mol. The van der Waals surface area contributed by atoms with E-state index in [0.29, 0.717) is 12.0 Å². The molecule has 1 unspecified atom stereocenters. The van der Waals surface area contributed by atoms with Gasteiger partial charge in [0.15, 0.2) is 0 Å². The van der Waals surface area contributed by atoms with E-state index < -0.39 is 0 Å². The van der Waals surface area contributed by atoms with Gasteiger partial charge in [-0.1, -0.05) is 13.8 Å². The second-order valence-electron chi connectivity index (χ2n) is 2.58. The first kappa shape index (κ1) is 8.92. The van der Waals surface area contributed by atoms with Gasteiger partial charge in [-0.15, -0.1) is 0 Å². The van der Waals surface area contributed by atoms with Crippen LogP contribution in [0, 0.1) is 5.92 Å².